The molecule has 1 aromatic heterocycles. The number of hydrogen-bond donors (Lipinski definition) is 1. The number of hydrogen-bond acceptors (Lipinski definition) is 6. The molecule has 0 amide bonds. The van der Waals surface area contributed by atoms with Crippen molar-refractivity contribution >= 4 is 11.8 Å². The smallest absolute Gasteiger partial charge is 0.358 e. The van der Waals surface area contributed by atoms with Gasteiger partial charge in [-0.25, -0.2) is 9.78 Å². The largest absolute Gasteiger partial charge is 0.464 e. The fraction of sp³-hybridized carbons (Fsp3) is 0.583. The molecule has 2 atom stereocenters. The van der Waals surface area contributed by atoms with Crippen LogP contribution in [0.1, 0.15) is 10.5 Å². The maximum atomic E-state index is 11.4. The van der Waals surface area contributed by atoms with Crippen LogP contribution in [0.25, 0.3) is 0 Å². The van der Waals surface area contributed by atoms with Gasteiger partial charge in [0.25, 0.3) is 0 Å². The average Bonchev–Trinajstić information content (AvgIpc) is 2.98. The normalized spacial score (nSPS) is 26.2. The van der Waals surface area contributed by atoms with Gasteiger partial charge in [-0.2, -0.15) is 0 Å². The maximum Gasteiger partial charge on any atom is 0.358 e. The number of carbonyl (C=O) groups excluding carboxylic acids is 1. The Bertz CT molecular complexity index is 453. The number of aromatic nitrogens is 2. The predicted octanol–water partition coefficient (Wildman–Crippen LogP) is -0.0812. The number of rotatable bonds is 2. The molecule has 3 rings (SSSR count). The number of fused-ring (bicyclic) bond motifs is 1. The van der Waals surface area contributed by atoms with Crippen LogP contribution in [0.2, 0.25) is 0 Å². The van der Waals surface area contributed by atoms with E-state index in [1.807, 2.05) is 0 Å². The highest BCUT2D eigenvalue weighted by atomic mass is 16.5. The van der Waals surface area contributed by atoms with E-state index in [0.717, 1.165) is 32.0 Å². The standard InChI is InChI=1S/C12H16N4O2/c1-18-12(17)10-4-14-5-11(15-10)16-6-8-2-13-3-9(8)7-16/h4-5,8-9,13H,2-3,6-7H2,1H3. The number of carbonyl (C=O) groups is 1. The second-order valence-electron chi connectivity index (χ2n) is 4.84. The molecule has 2 fully saturated rings. The highest BCUT2D eigenvalue weighted by Crippen LogP contribution is 2.29. The van der Waals surface area contributed by atoms with E-state index >= 15 is 0 Å². The van der Waals surface area contributed by atoms with Crippen molar-refractivity contribution in [2.75, 3.05) is 38.2 Å². The van der Waals surface area contributed by atoms with Crippen LogP contribution in [0.4, 0.5) is 5.82 Å². The first kappa shape index (κ1) is 11.4. The van der Waals surface area contributed by atoms with Gasteiger partial charge in [0.15, 0.2) is 5.69 Å². The molecule has 0 radical (unpaired) electrons. The monoisotopic (exact) mass is 248 g/mol. The molecule has 6 nitrogen and oxygen atoms in total. The molecule has 2 aliphatic heterocycles. The molecule has 18 heavy (non-hydrogen) atoms. The van der Waals surface area contributed by atoms with Crippen LogP contribution in [-0.2, 0) is 4.74 Å². The Balaban J connectivity index is 1.79. The summed E-state index contributed by atoms with van der Waals surface area (Å²) >= 11 is 0. The predicted molar refractivity (Wildman–Crippen MR) is 65.4 cm³/mol. The van der Waals surface area contributed by atoms with Gasteiger partial charge in [-0.1, -0.05) is 0 Å². The summed E-state index contributed by atoms with van der Waals surface area (Å²) in [6.07, 6.45) is 3.15. The summed E-state index contributed by atoms with van der Waals surface area (Å²) in [5, 5.41) is 3.40. The molecule has 2 unspecified atom stereocenters. The van der Waals surface area contributed by atoms with Crippen LogP contribution in [0, 0.1) is 11.8 Å². The molecule has 0 aromatic carbocycles. The van der Waals surface area contributed by atoms with Crippen LogP contribution in [0.3, 0.4) is 0 Å². The number of nitrogens with one attached hydrogen (secondary N) is 1. The molecule has 1 N–H and O–H groups in total. The van der Waals surface area contributed by atoms with Crippen LogP contribution in [0.5, 0.6) is 0 Å². The fourth-order valence-electron chi connectivity index (χ4n) is 2.75. The minimum absolute atomic E-state index is 0.269. The molecule has 6 heteroatoms. The zero-order chi connectivity index (χ0) is 12.5. The topological polar surface area (TPSA) is 67.3 Å². The summed E-state index contributed by atoms with van der Waals surface area (Å²) < 4.78 is 4.66. The molecule has 0 aliphatic carbocycles. The van der Waals surface area contributed by atoms with Crippen molar-refractivity contribution in [3.8, 4) is 0 Å². The lowest BCUT2D eigenvalue weighted by molar-refractivity contribution is 0.0593. The van der Waals surface area contributed by atoms with Crippen LogP contribution in [0.15, 0.2) is 12.4 Å². The van der Waals surface area contributed by atoms with E-state index in [1.165, 1.54) is 13.3 Å². The highest BCUT2D eigenvalue weighted by Gasteiger charge is 2.36. The van der Waals surface area contributed by atoms with Crippen molar-refractivity contribution in [3.05, 3.63) is 18.1 Å². The molecule has 2 saturated heterocycles. The molecule has 1 aromatic rings. The number of methoxy groups -OCH3 is 1. The van der Waals surface area contributed by atoms with Gasteiger partial charge >= 0.3 is 5.97 Å². The first-order valence-corrected chi connectivity index (χ1v) is 6.14. The van der Waals surface area contributed by atoms with Gasteiger partial charge in [-0.3, -0.25) is 4.98 Å². The summed E-state index contributed by atoms with van der Waals surface area (Å²) in [4.78, 5) is 22.0. The first-order chi connectivity index (χ1) is 8.78. The van der Waals surface area contributed by atoms with E-state index < -0.39 is 5.97 Å². The third kappa shape index (κ3) is 1.92. The molecule has 2 aliphatic rings. The van der Waals surface area contributed by atoms with Gasteiger partial charge in [0.2, 0.25) is 0 Å². The molecular weight excluding hydrogens is 232 g/mol. The summed E-state index contributed by atoms with van der Waals surface area (Å²) in [5.41, 5.74) is 0.269. The van der Waals surface area contributed by atoms with Gasteiger partial charge < -0.3 is 15.0 Å². The lowest BCUT2D eigenvalue weighted by Gasteiger charge is -2.18. The summed E-state index contributed by atoms with van der Waals surface area (Å²) in [6, 6.07) is 0. The van der Waals surface area contributed by atoms with E-state index in [2.05, 4.69) is 24.9 Å². The molecule has 96 valence electrons. The third-order valence-corrected chi connectivity index (χ3v) is 3.73. The Kier molecular flexibility index (Phi) is 2.87. The Morgan fingerprint density at radius 2 is 2.11 bits per heavy atom. The summed E-state index contributed by atoms with van der Waals surface area (Å²) in [7, 11) is 1.35. The zero-order valence-corrected chi connectivity index (χ0v) is 10.3. The minimum Gasteiger partial charge on any atom is -0.464 e. The SMILES string of the molecule is COC(=O)c1cncc(N2CC3CNCC3C2)n1. The fourth-order valence-corrected chi connectivity index (χ4v) is 2.75. The van der Waals surface area contributed by atoms with Gasteiger partial charge in [0.1, 0.15) is 5.82 Å². The first-order valence-electron chi connectivity index (χ1n) is 6.14. The second kappa shape index (κ2) is 4.53. The van der Waals surface area contributed by atoms with Crippen LogP contribution < -0.4 is 10.2 Å². The summed E-state index contributed by atoms with van der Waals surface area (Å²) in [6.45, 7) is 4.12. The van der Waals surface area contributed by atoms with Crippen molar-refractivity contribution in [2.45, 2.75) is 0 Å². The number of nitrogens with zero attached hydrogens (tertiary/aromatic N) is 3. The molecule has 0 saturated carbocycles. The van der Waals surface area contributed by atoms with Gasteiger partial charge in [-0.05, 0) is 11.8 Å². The second-order valence-corrected chi connectivity index (χ2v) is 4.84. The van der Waals surface area contributed by atoms with Crippen molar-refractivity contribution in [1.82, 2.24) is 15.3 Å². The zero-order valence-electron chi connectivity index (χ0n) is 10.3. The Hall–Kier alpha value is -1.69. The molecular formula is C12H16N4O2. The Labute approximate surface area is 105 Å². The molecule has 3 heterocycles. The van der Waals surface area contributed by atoms with E-state index in [0.29, 0.717) is 11.8 Å². The van der Waals surface area contributed by atoms with Crippen molar-refractivity contribution < 1.29 is 9.53 Å². The van der Waals surface area contributed by atoms with Crippen molar-refractivity contribution in [1.29, 1.82) is 0 Å². The lowest BCUT2D eigenvalue weighted by Crippen LogP contribution is -2.26. The number of anilines is 1. The van der Waals surface area contributed by atoms with E-state index in [-0.39, 0.29) is 5.69 Å². The maximum absolute atomic E-state index is 11.4. The number of esters is 1. The van der Waals surface area contributed by atoms with Crippen molar-refractivity contribution in [2.24, 2.45) is 11.8 Å². The van der Waals surface area contributed by atoms with E-state index in [9.17, 15) is 4.79 Å². The van der Waals surface area contributed by atoms with Crippen LogP contribution in [-0.4, -0.2) is 49.2 Å². The average molecular weight is 248 g/mol. The Morgan fingerprint density at radius 3 is 2.78 bits per heavy atom. The molecule has 0 bridgehead atoms. The quantitative estimate of drug-likeness (QED) is 0.738. The highest BCUT2D eigenvalue weighted by molar-refractivity contribution is 5.87. The Morgan fingerprint density at radius 1 is 1.39 bits per heavy atom. The lowest BCUT2D eigenvalue weighted by atomic mass is 10.0. The van der Waals surface area contributed by atoms with Gasteiger partial charge in [-0.15, -0.1) is 0 Å². The third-order valence-electron chi connectivity index (χ3n) is 3.73. The van der Waals surface area contributed by atoms with Crippen LogP contribution >= 0.6 is 0 Å². The number of ether oxygens (including phenoxy) is 1. The van der Waals surface area contributed by atoms with Gasteiger partial charge in [0.05, 0.1) is 19.5 Å². The molecule has 0 spiro atoms. The summed E-state index contributed by atoms with van der Waals surface area (Å²) in [5.74, 6) is 1.71. The van der Waals surface area contributed by atoms with Crippen molar-refractivity contribution in [3.63, 3.8) is 0 Å². The minimum atomic E-state index is -0.439. The van der Waals surface area contributed by atoms with Gasteiger partial charge in [0, 0.05) is 26.2 Å². The van der Waals surface area contributed by atoms with E-state index in [1.54, 1.807) is 6.20 Å². The van der Waals surface area contributed by atoms with E-state index in [4.69, 9.17) is 0 Å².